The summed E-state index contributed by atoms with van der Waals surface area (Å²) in [6.07, 6.45) is 7.54. The van der Waals surface area contributed by atoms with E-state index < -0.39 is 0 Å². The predicted molar refractivity (Wildman–Crippen MR) is 94.2 cm³/mol. The molecule has 0 spiro atoms. The second kappa shape index (κ2) is 8.35. The molecule has 2 rings (SSSR count). The maximum atomic E-state index is 6.07. The Morgan fingerprint density at radius 2 is 2.09 bits per heavy atom. The third-order valence-electron chi connectivity index (χ3n) is 3.88. The van der Waals surface area contributed by atoms with Crippen LogP contribution in [0, 0.1) is 0 Å². The van der Waals surface area contributed by atoms with E-state index in [1.807, 2.05) is 37.2 Å². The summed E-state index contributed by atoms with van der Waals surface area (Å²) in [6, 6.07) is 7.92. The van der Waals surface area contributed by atoms with E-state index in [9.17, 15) is 0 Å². The van der Waals surface area contributed by atoms with Crippen LogP contribution in [0.4, 0.5) is 0 Å². The minimum absolute atomic E-state index is 0.0295. The molecule has 1 saturated carbocycles. The summed E-state index contributed by atoms with van der Waals surface area (Å²) < 4.78 is 0. The average Bonchev–Trinajstić information content (AvgIpc) is 2.49. The van der Waals surface area contributed by atoms with Crippen LogP contribution in [0.15, 0.2) is 35.0 Å². The van der Waals surface area contributed by atoms with Gasteiger partial charge < -0.3 is 4.84 Å². The summed E-state index contributed by atoms with van der Waals surface area (Å²) >= 11 is 6.07. The van der Waals surface area contributed by atoms with Crippen molar-refractivity contribution in [3.05, 3.63) is 40.4 Å². The normalized spacial score (nSPS) is 20.6. The third-order valence-corrected chi connectivity index (χ3v) is 4.11. The van der Waals surface area contributed by atoms with Crippen molar-refractivity contribution in [1.82, 2.24) is 4.90 Å². The van der Waals surface area contributed by atoms with Crippen molar-refractivity contribution in [2.75, 3.05) is 14.1 Å². The summed E-state index contributed by atoms with van der Waals surface area (Å²) in [5.41, 5.74) is 3.46. The Hall–Kier alpha value is -1.32. The minimum atomic E-state index is 0.0295. The zero-order chi connectivity index (χ0) is 15.9. The first kappa shape index (κ1) is 17.0. The Bertz CT molecular complexity index is 552. The molecule has 0 bridgehead atoms. The van der Waals surface area contributed by atoms with Gasteiger partial charge in [-0.05, 0) is 75.5 Å². The van der Waals surface area contributed by atoms with Crippen LogP contribution in [-0.4, -0.2) is 30.9 Å². The molecule has 1 atom stereocenters. The molecular weight excluding hydrogens is 296 g/mol. The number of nitrogens with zero attached hydrogens (tertiary/aromatic N) is 2. The average molecular weight is 321 g/mol. The molecule has 1 unspecified atom stereocenters. The Labute approximate surface area is 138 Å². The largest absolute Gasteiger partial charge is 0.376 e. The summed E-state index contributed by atoms with van der Waals surface area (Å²) in [7, 11) is 4.02. The molecule has 3 nitrogen and oxygen atoms in total. The van der Waals surface area contributed by atoms with E-state index in [2.05, 4.69) is 24.2 Å². The lowest BCUT2D eigenvalue weighted by molar-refractivity contribution is -0.0357. The smallest absolute Gasteiger partial charge is 0.180 e. The van der Waals surface area contributed by atoms with Gasteiger partial charge in [0, 0.05) is 5.02 Å². The van der Waals surface area contributed by atoms with E-state index in [0.29, 0.717) is 0 Å². The lowest BCUT2D eigenvalue weighted by Crippen LogP contribution is -2.29. The quantitative estimate of drug-likeness (QED) is 0.565. The first-order valence-electron chi connectivity index (χ1n) is 7.95. The fraction of sp³-hybridized carbons (Fsp3) is 0.500. The van der Waals surface area contributed by atoms with E-state index in [1.54, 1.807) is 0 Å². The fourth-order valence-corrected chi connectivity index (χ4v) is 2.83. The molecule has 1 fully saturated rings. The number of hydrogen-bond acceptors (Lipinski definition) is 3. The number of hydrogen-bond donors (Lipinski definition) is 0. The molecule has 0 radical (unpaired) electrons. The van der Waals surface area contributed by atoms with Gasteiger partial charge in [-0.1, -0.05) is 35.8 Å². The second-order valence-electron chi connectivity index (χ2n) is 5.90. The van der Waals surface area contributed by atoms with E-state index in [1.165, 1.54) is 18.4 Å². The maximum absolute atomic E-state index is 6.07. The van der Waals surface area contributed by atoms with Crippen LogP contribution in [0.1, 0.15) is 44.6 Å². The van der Waals surface area contributed by atoms with Gasteiger partial charge in [0.05, 0.1) is 5.71 Å². The Morgan fingerprint density at radius 1 is 1.32 bits per heavy atom. The predicted octanol–water partition coefficient (Wildman–Crippen LogP) is 4.97. The van der Waals surface area contributed by atoms with Gasteiger partial charge in [-0.25, -0.2) is 0 Å². The SMILES string of the molecule is CCC(ON=C1CCCCC1=Cc1cccc(Cl)c1)N(C)C. The number of oxime groups is 1. The van der Waals surface area contributed by atoms with Gasteiger partial charge in [0.1, 0.15) is 0 Å². The van der Waals surface area contributed by atoms with Gasteiger partial charge in [0.2, 0.25) is 0 Å². The number of rotatable bonds is 5. The monoisotopic (exact) mass is 320 g/mol. The van der Waals surface area contributed by atoms with Gasteiger partial charge in [0.25, 0.3) is 0 Å². The molecule has 22 heavy (non-hydrogen) atoms. The van der Waals surface area contributed by atoms with Crippen LogP contribution in [0.5, 0.6) is 0 Å². The Balaban J connectivity index is 2.17. The van der Waals surface area contributed by atoms with Crippen LogP contribution >= 0.6 is 11.6 Å². The van der Waals surface area contributed by atoms with Gasteiger partial charge in [-0.15, -0.1) is 0 Å². The van der Waals surface area contributed by atoms with Crippen molar-refractivity contribution >= 4 is 23.4 Å². The van der Waals surface area contributed by atoms with Gasteiger partial charge >= 0.3 is 0 Å². The molecule has 120 valence electrons. The second-order valence-corrected chi connectivity index (χ2v) is 6.34. The van der Waals surface area contributed by atoms with E-state index in [0.717, 1.165) is 35.6 Å². The molecule has 1 aromatic rings. The molecule has 0 saturated heterocycles. The highest BCUT2D eigenvalue weighted by Crippen LogP contribution is 2.25. The van der Waals surface area contributed by atoms with Crippen LogP contribution in [0.25, 0.3) is 6.08 Å². The summed E-state index contributed by atoms with van der Waals surface area (Å²) in [6.45, 7) is 2.11. The van der Waals surface area contributed by atoms with Crippen molar-refractivity contribution in [2.45, 2.75) is 45.3 Å². The summed E-state index contributed by atoms with van der Waals surface area (Å²) in [5, 5.41) is 5.21. The molecule has 4 heteroatoms. The molecule has 1 aliphatic carbocycles. The minimum Gasteiger partial charge on any atom is -0.376 e. The van der Waals surface area contributed by atoms with Crippen LogP contribution < -0.4 is 0 Å². The van der Waals surface area contributed by atoms with Crippen molar-refractivity contribution in [1.29, 1.82) is 0 Å². The lowest BCUT2D eigenvalue weighted by Gasteiger charge is -2.22. The molecule has 0 aliphatic heterocycles. The fourth-order valence-electron chi connectivity index (χ4n) is 2.63. The number of benzene rings is 1. The van der Waals surface area contributed by atoms with Crippen molar-refractivity contribution in [3.8, 4) is 0 Å². The van der Waals surface area contributed by atoms with E-state index in [-0.39, 0.29) is 6.23 Å². The lowest BCUT2D eigenvalue weighted by atomic mass is 9.91. The molecule has 0 N–H and O–H groups in total. The highest BCUT2D eigenvalue weighted by atomic mass is 35.5. The Morgan fingerprint density at radius 3 is 2.77 bits per heavy atom. The van der Waals surface area contributed by atoms with Crippen molar-refractivity contribution in [3.63, 3.8) is 0 Å². The molecule has 0 heterocycles. The molecule has 0 amide bonds. The molecule has 1 aromatic carbocycles. The number of allylic oxidation sites excluding steroid dienone is 1. The van der Waals surface area contributed by atoms with Crippen LogP contribution in [0.2, 0.25) is 5.02 Å². The molecular formula is C18H25ClN2O. The van der Waals surface area contributed by atoms with E-state index >= 15 is 0 Å². The van der Waals surface area contributed by atoms with Crippen molar-refractivity contribution in [2.24, 2.45) is 5.16 Å². The topological polar surface area (TPSA) is 24.8 Å². The molecule has 1 aliphatic rings. The highest BCUT2D eigenvalue weighted by molar-refractivity contribution is 6.30. The first-order chi connectivity index (χ1) is 10.6. The Kier molecular flexibility index (Phi) is 6.47. The number of halogens is 1. The zero-order valence-corrected chi connectivity index (χ0v) is 14.4. The van der Waals surface area contributed by atoms with E-state index in [4.69, 9.17) is 16.4 Å². The summed E-state index contributed by atoms with van der Waals surface area (Å²) in [5.74, 6) is 0. The summed E-state index contributed by atoms with van der Waals surface area (Å²) in [4.78, 5) is 7.78. The third kappa shape index (κ3) is 4.85. The standard InChI is InChI=1S/C18H25ClN2O/c1-4-18(21(2)3)22-20-17-11-6-5-9-15(17)12-14-8-7-10-16(19)13-14/h7-8,10,12-13,18H,4-6,9,11H2,1-3H3. The van der Waals surface area contributed by atoms with Crippen LogP contribution in [-0.2, 0) is 4.84 Å². The highest BCUT2D eigenvalue weighted by Gasteiger charge is 2.16. The van der Waals surface area contributed by atoms with Crippen LogP contribution in [0.3, 0.4) is 0 Å². The first-order valence-corrected chi connectivity index (χ1v) is 8.33. The van der Waals surface area contributed by atoms with Gasteiger partial charge in [0.15, 0.2) is 6.23 Å². The van der Waals surface area contributed by atoms with Gasteiger partial charge in [-0.3, -0.25) is 4.90 Å². The zero-order valence-electron chi connectivity index (χ0n) is 13.7. The van der Waals surface area contributed by atoms with Crippen molar-refractivity contribution < 1.29 is 4.84 Å². The van der Waals surface area contributed by atoms with Gasteiger partial charge in [-0.2, -0.15) is 0 Å². The maximum Gasteiger partial charge on any atom is 0.180 e. The molecule has 0 aromatic heterocycles.